The zero-order chi connectivity index (χ0) is 22.3. The van der Waals surface area contributed by atoms with Crippen LogP contribution < -0.4 is 14.8 Å². The summed E-state index contributed by atoms with van der Waals surface area (Å²) in [6, 6.07) is 18.8. The van der Waals surface area contributed by atoms with Crippen molar-refractivity contribution in [1.82, 2.24) is 0 Å². The molecule has 0 unspecified atom stereocenters. The Labute approximate surface area is 181 Å². The Morgan fingerprint density at radius 1 is 0.968 bits per heavy atom. The summed E-state index contributed by atoms with van der Waals surface area (Å²) in [5, 5.41) is 2.75. The van der Waals surface area contributed by atoms with Crippen LogP contribution in [-0.4, -0.2) is 20.9 Å². The highest BCUT2D eigenvalue weighted by molar-refractivity contribution is 7.92. The van der Waals surface area contributed by atoms with Crippen molar-refractivity contribution in [2.75, 3.05) is 16.6 Å². The van der Waals surface area contributed by atoms with Crippen LogP contribution >= 0.6 is 0 Å². The molecule has 3 aromatic rings. The number of carbonyl (C=O) groups is 1. The number of hydrogen-bond acceptors (Lipinski definition) is 4. The molecule has 162 valence electrons. The summed E-state index contributed by atoms with van der Waals surface area (Å²) in [5.41, 5.74) is 1.91. The molecule has 0 saturated carbocycles. The molecule has 0 fully saturated rings. The highest BCUT2D eigenvalue weighted by Crippen LogP contribution is 2.19. The number of sulfonamides is 1. The molecule has 0 aliphatic heterocycles. The Balaban J connectivity index is 1.46. The van der Waals surface area contributed by atoms with Crippen molar-refractivity contribution in [2.45, 2.75) is 24.7 Å². The van der Waals surface area contributed by atoms with E-state index in [1.54, 1.807) is 60.7 Å². The molecular weight excluding hydrogens is 419 g/mol. The number of rotatable bonds is 9. The molecule has 1 amide bonds. The van der Waals surface area contributed by atoms with Crippen LogP contribution in [0, 0.1) is 12.7 Å². The Morgan fingerprint density at radius 2 is 1.65 bits per heavy atom. The smallest absolute Gasteiger partial charge is 0.261 e. The number of nitrogens with one attached hydrogen (secondary N) is 2. The van der Waals surface area contributed by atoms with Crippen molar-refractivity contribution in [2.24, 2.45) is 0 Å². The summed E-state index contributed by atoms with van der Waals surface area (Å²) in [7, 11) is -3.68. The van der Waals surface area contributed by atoms with E-state index in [0.717, 1.165) is 5.56 Å². The van der Waals surface area contributed by atoms with Gasteiger partial charge in [-0.25, -0.2) is 12.8 Å². The number of halogens is 1. The summed E-state index contributed by atoms with van der Waals surface area (Å²) in [6.07, 6.45) is 0.702. The zero-order valence-electron chi connectivity index (χ0n) is 17.0. The normalized spacial score (nSPS) is 11.0. The number of ether oxygens (including phenoxy) is 1. The largest absolute Gasteiger partial charge is 0.493 e. The van der Waals surface area contributed by atoms with E-state index in [2.05, 4.69) is 10.0 Å². The first-order chi connectivity index (χ1) is 14.8. The molecule has 0 spiro atoms. The van der Waals surface area contributed by atoms with Gasteiger partial charge < -0.3 is 10.1 Å². The van der Waals surface area contributed by atoms with Gasteiger partial charge in [0.05, 0.1) is 11.5 Å². The number of carbonyl (C=O) groups excluding carboxylic acids is 1. The standard InChI is InChI=1S/C23H23FN2O4S/c1-17-7-13-22(14-8-17)31(28,29)26-20-11-9-19(10-12-20)25-23(27)6-3-15-30-21-5-2-4-18(24)16-21/h2,4-5,7-14,16,26H,3,6,15H2,1H3,(H,25,27). The van der Waals surface area contributed by atoms with Gasteiger partial charge in [0.25, 0.3) is 10.0 Å². The minimum atomic E-state index is -3.68. The van der Waals surface area contributed by atoms with Crippen molar-refractivity contribution in [3.8, 4) is 5.75 Å². The number of anilines is 2. The third-order valence-electron chi connectivity index (χ3n) is 4.37. The van der Waals surface area contributed by atoms with Gasteiger partial charge in [0, 0.05) is 23.9 Å². The second-order valence-electron chi connectivity index (χ2n) is 6.95. The van der Waals surface area contributed by atoms with Crippen LogP contribution in [0.1, 0.15) is 18.4 Å². The van der Waals surface area contributed by atoms with Crippen LogP contribution in [0.3, 0.4) is 0 Å². The van der Waals surface area contributed by atoms with Crippen molar-refractivity contribution in [3.05, 3.63) is 84.2 Å². The quantitative estimate of drug-likeness (QED) is 0.469. The van der Waals surface area contributed by atoms with Crippen LogP contribution in [0.2, 0.25) is 0 Å². The molecule has 0 saturated heterocycles. The lowest BCUT2D eigenvalue weighted by atomic mass is 10.2. The van der Waals surface area contributed by atoms with Crippen LogP contribution in [-0.2, 0) is 14.8 Å². The predicted molar refractivity (Wildman–Crippen MR) is 118 cm³/mol. The molecule has 0 aliphatic rings. The number of benzene rings is 3. The fourth-order valence-corrected chi connectivity index (χ4v) is 3.81. The first kappa shape index (κ1) is 22.3. The fourth-order valence-electron chi connectivity index (χ4n) is 2.76. The lowest BCUT2D eigenvalue weighted by Gasteiger charge is -2.10. The van der Waals surface area contributed by atoms with Gasteiger partial charge >= 0.3 is 0 Å². The Bertz CT molecular complexity index is 1130. The fraction of sp³-hybridized carbons (Fsp3) is 0.174. The number of amides is 1. The van der Waals surface area contributed by atoms with E-state index in [9.17, 15) is 17.6 Å². The Kier molecular flexibility index (Phi) is 7.25. The van der Waals surface area contributed by atoms with E-state index in [1.165, 1.54) is 12.1 Å². The summed E-state index contributed by atoms with van der Waals surface area (Å²) < 4.78 is 45.9. The van der Waals surface area contributed by atoms with E-state index in [4.69, 9.17) is 4.74 Å². The van der Waals surface area contributed by atoms with Gasteiger partial charge in [0.1, 0.15) is 11.6 Å². The highest BCUT2D eigenvalue weighted by atomic mass is 32.2. The SMILES string of the molecule is Cc1ccc(S(=O)(=O)Nc2ccc(NC(=O)CCCOc3cccc(F)c3)cc2)cc1. The maximum atomic E-state index is 13.1. The highest BCUT2D eigenvalue weighted by Gasteiger charge is 2.13. The van der Waals surface area contributed by atoms with Gasteiger partial charge in [-0.1, -0.05) is 23.8 Å². The van der Waals surface area contributed by atoms with Gasteiger partial charge in [-0.2, -0.15) is 0 Å². The summed E-state index contributed by atoms with van der Waals surface area (Å²) in [6.45, 7) is 2.17. The zero-order valence-corrected chi connectivity index (χ0v) is 17.8. The minimum Gasteiger partial charge on any atom is -0.493 e. The molecule has 2 N–H and O–H groups in total. The summed E-state index contributed by atoms with van der Waals surface area (Å²) in [4.78, 5) is 12.2. The Hall–Kier alpha value is -3.39. The van der Waals surface area contributed by atoms with Crippen LogP contribution in [0.5, 0.6) is 5.75 Å². The first-order valence-corrected chi connectivity index (χ1v) is 11.2. The molecule has 0 bridgehead atoms. The predicted octanol–water partition coefficient (Wildman–Crippen LogP) is 4.73. The van der Waals surface area contributed by atoms with Crippen LogP contribution in [0.25, 0.3) is 0 Å². The van der Waals surface area contributed by atoms with E-state index < -0.39 is 10.0 Å². The Morgan fingerprint density at radius 3 is 2.32 bits per heavy atom. The molecule has 0 radical (unpaired) electrons. The maximum Gasteiger partial charge on any atom is 0.261 e. The van der Waals surface area contributed by atoms with Crippen molar-refractivity contribution in [3.63, 3.8) is 0 Å². The van der Waals surface area contributed by atoms with E-state index >= 15 is 0 Å². The topological polar surface area (TPSA) is 84.5 Å². The van der Waals surface area contributed by atoms with Crippen molar-refractivity contribution >= 4 is 27.3 Å². The second kappa shape index (κ2) is 10.1. The number of aryl methyl sites for hydroxylation is 1. The molecule has 3 aromatic carbocycles. The van der Waals surface area contributed by atoms with Crippen molar-refractivity contribution in [1.29, 1.82) is 0 Å². The van der Waals surface area contributed by atoms with E-state index in [-0.39, 0.29) is 29.6 Å². The second-order valence-corrected chi connectivity index (χ2v) is 8.64. The molecule has 0 atom stereocenters. The summed E-state index contributed by atoms with van der Waals surface area (Å²) in [5.74, 6) is -0.153. The van der Waals surface area contributed by atoms with Crippen LogP contribution in [0.15, 0.2) is 77.7 Å². The molecule has 3 rings (SSSR count). The number of hydrogen-bond donors (Lipinski definition) is 2. The molecule has 31 heavy (non-hydrogen) atoms. The molecular formula is C23H23FN2O4S. The van der Waals surface area contributed by atoms with E-state index in [1.807, 2.05) is 6.92 Å². The lowest BCUT2D eigenvalue weighted by Crippen LogP contribution is -2.14. The van der Waals surface area contributed by atoms with Crippen molar-refractivity contribution < 1.29 is 22.3 Å². The van der Waals surface area contributed by atoms with Gasteiger partial charge in [-0.3, -0.25) is 9.52 Å². The molecule has 0 aromatic heterocycles. The first-order valence-electron chi connectivity index (χ1n) is 9.70. The monoisotopic (exact) mass is 442 g/mol. The van der Waals surface area contributed by atoms with Gasteiger partial charge in [-0.05, 0) is 61.9 Å². The van der Waals surface area contributed by atoms with Crippen LogP contribution in [0.4, 0.5) is 15.8 Å². The molecule has 8 heteroatoms. The molecule has 0 heterocycles. The third kappa shape index (κ3) is 6.82. The van der Waals surface area contributed by atoms with Gasteiger partial charge in [0.2, 0.25) is 5.91 Å². The minimum absolute atomic E-state index is 0.177. The van der Waals surface area contributed by atoms with Gasteiger partial charge in [0.15, 0.2) is 0 Å². The van der Waals surface area contributed by atoms with Gasteiger partial charge in [-0.15, -0.1) is 0 Å². The average Bonchev–Trinajstić information content (AvgIpc) is 2.73. The molecule has 6 nitrogen and oxygen atoms in total. The maximum absolute atomic E-state index is 13.1. The summed E-state index contributed by atoms with van der Waals surface area (Å²) >= 11 is 0. The van der Waals surface area contributed by atoms with E-state index in [0.29, 0.717) is 23.5 Å². The average molecular weight is 443 g/mol. The molecule has 0 aliphatic carbocycles. The lowest BCUT2D eigenvalue weighted by molar-refractivity contribution is -0.116. The third-order valence-corrected chi connectivity index (χ3v) is 5.76.